The Morgan fingerprint density at radius 3 is 2.57 bits per heavy atom. The molecule has 0 spiro atoms. The van der Waals surface area contributed by atoms with Crippen LogP contribution in [0.5, 0.6) is 0 Å². The Labute approximate surface area is 123 Å². The van der Waals surface area contributed by atoms with Crippen molar-refractivity contribution in [3.63, 3.8) is 0 Å². The van der Waals surface area contributed by atoms with Gasteiger partial charge in [0.15, 0.2) is 0 Å². The number of carbonyl (C=O) groups excluding carboxylic acids is 2. The number of amides is 1. The van der Waals surface area contributed by atoms with Gasteiger partial charge in [0.05, 0.1) is 6.42 Å². The minimum absolute atomic E-state index is 0.0365. The highest BCUT2D eigenvalue weighted by Crippen LogP contribution is 2.44. The van der Waals surface area contributed by atoms with E-state index in [4.69, 9.17) is 5.11 Å². The number of anilines is 1. The number of carboxylic acids is 1. The van der Waals surface area contributed by atoms with Crippen LogP contribution in [0.4, 0.5) is 5.69 Å². The van der Waals surface area contributed by atoms with Crippen molar-refractivity contribution >= 4 is 23.9 Å². The molecule has 1 aromatic rings. The predicted molar refractivity (Wildman–Crippen MR) is 78.2 cm³/mol. The molecule has 1 aliphatic rings. The van der Waals surface area contributed by atoms with Crippen LogP contribution in [0.25, 0.3) is 0 Å². The zero-order valence-electron chi connectivity index (χ0n) is 11.8. The lowest BCUT2D eigenvalue weighted by molar-refractivity contribution is -0.140. The van der Waals surface area contributed by atoms with Gasteiger partial charge in [0, 0.05) is 17.7 Å². The van der Waals surface area contributed by atoms with Crippen LogP contribution in [0.3, 0.4) is 0 Å². The maximum atomic E-state index is 12.2. The summed E-state index contributed by atoms with van der Waals surface area (Å²) < 4.78 is 0. The van der Waals surface area contributed by atoms with E-state index in [2.05, 4.69) is 5.32 Å². The second kappa shape index (κ2) is 6.52. The average Bonchev–Trinajstić information content (AvgIpc) is 2.85. The summed E-state index contributed by atoms with van der Waals surface area (Å²) in [6.45, 7) is 0. The van der Waals surface area contributed by atoms with Crippen LogP contribution in [0, 0.1) is 5.41 Å². The highest BCUT2D eigenvalue weighted by molar-refractivity contribution is 5.92. The summed E-state index contributed by atoms with van der Waals surface area (Å²) in [5.74, 6) is -1.05. The second-order valence-corrected chi connectivity index (χ2v) is 5.75. The van der Waals surface area contributed by atoms with Crippen molar-refractivity contribution in [1.29, 1.82) is 0 Å². The van der Waals surface area contributed by atoms with E-state index in [-0.39, 0.29) is 18.7 Å². The smallest absolute Gasteiger partial charge is 0.303 e. The average molecular weight is 289 g/mol. The number of rotatable bonds is 6. The first-order valence-corrected chi connectivity index (χ1v) is 7.10. The van der Waals surface area contributed by atoms with Crippen molar-refractivity contribution in [2.45, 2.75) is 38.5 Å². The van der Waals surface area contributed by atoms with Crippen LogP contribution in [0.15, 0.2) is 24.3 Å². The molecule has 5 nitrogen and oxygen atoms in total. The topological polar surface area (TPSA) is 83.5 Å². The first-order chi connectivity index (χ1) is 10.0. The fraction of sp³-hybridized carbons (Fsp3) is 0.438. The third-order valence-electron chi connectivity index (χ3n) is 4.03. The molecule has 0 aliphatic heterocycles. The maximum Gasteiger partial charge on any atom is 0.303 e. The number of nitrogens with one attached hydrogen (secondary N) is 1. The van der Waals surface area contributed by atoms with Crippen LogP contribution in [-0.2, 0) is 9.59 Å². The van der Waals surface area contributed by atoms with Gasteiger partial charge in [-0.05, 0) is 30.4 Å². The Morgan fingerprint density at radius 1 is 1.24 bits per heavy atom. The molecule has 21 heavy (non-hydrogen) atoms. The van der Waals surface area contributed by atoms with Gasteiger partial charge in [-0.15, -0.1) is 0 Å². The molecule has 1 aromatic carbocycles. The molecule has 5 heteroatoms. The molecule has 0 atom stereocenters. The number of aliphatic carboxylic acids is 1. The van der Waals surface area contributed by atoms with Crippen molar-refractivity contribution in [2.75, 3.05) is 5.32 Å². The van der Waals surface area contributed by atoms with E-state index in [0.717, 1.165) is 32.0 Å². The zero-order valence-corrected chi connectivity index (χ0v) is 11.8. The first kappa shape index (κ1) is 15.2. The van der Waals surface area contributed by atoms with Crippen LogP contribution >= 0.6 is 0 Å². The summed E-state index contributed by atoms with van der Waals surface area (Å²) >= 11 is 0. The van der Waals surface area contributed by atoms with Gasteiger partial charge in [0.2, 0.25) is 5.91 Å². The minimum Gasteiger partial charge on any atom is -0.481 e. The van der Waals surface area contributed by atoms with Gasteiger partial charge in [-0.2, -0.15) is 0 Å². The fourth-order valence-electron chi connectivity index (χ4n) is 3.10. The molecule has 1 aliphatic carbocycles. The Balaban J connectivity index is 2.02. The van der Waals surface area contributed by atoms with E-state index in [1.54, 1.807) is 24.3 Å². The van der Waals surface area contributed by atoms with Gasteiger partial charge in [-0.1, -0.05) is 25.0 Å². The van der Waals surface area contributed by atoms with Gasteiger partial charge in [-0.25, -0.2) is 0 Å². The summed E-state index contributed by atoms with van der Waals surface area (Å²) in [7, 11) is 0. The molecule has 0 radical (unpaired) electrons. The molecule has 1 fully saturated rings. The highest BCUT2D eigenvalue weighted by Gasteiger charge is 2.37. The molecule has 0 bridgehead atoms. The Kier molecular flexibility index (Phi) is 4.73. The summed E-state index contributed by atoms with van der Waals surface area (Å²) in [6, 6.07) is 6.67. The van der Waals surface area contributed by atoms with Gasteiger partial charge >= 0.3 is 5.97 Å². The quantitative estimate of drug-likeness (QED) is 0.789. The summed E-state index contributed by atoms with van der Waals surface area (Å²) in [4.78, 5) is 33.9. The van der Waals surface area contributed by atoms with Gasteiger partial charge in [0.1, 0.15) is 6.29 Å². The standard InChI is InChI=1S/C16H19NO4/c18-11-12-4-3-5-13(8-12)17-14(19)9-16(10-15(20)21)6-1-2-7-16/h3-5,8,11H,1-2,6-7,9-10H2,(H,17,19)(H,20,21). The number of carbonyl (C=O) groups is 3. The van der Waals surface area contributed by atoms with E-state index in [0.29, 0.717) is 11.3 Å². The molecule has 1 amide bonds. The summed E-state index contributed by atoms with van der Waals surface area (Å²) in [5.41, 5.74) is 0.639. The van der Waals surface area contributed by atoms with E-state index in [9.17, 15) is 14.4 Å². The van der Waals surface area contributed by atoms with Gasteiger partial charge in [-0.3, -0.25) is 14.4 Å². The number of benzene rings is 1. The SMILES string of the molecule is O=Cc1cccc(NC(=O)CC2(CC(=O)O)CCCC2)c1. The number of carboxylic acid groups (broad SMARTS) is 1. The Bertz CT molecular complexity index is 547. The molecular formula is C16H19NO4. The van der Waals surface area contributed by atoms with E-state index in [1.165, 1.54) is 0 Å². The van der Waals surface area contributed by atoms with Crippen LogP contribution in [0.1, 0.15) is 48.9 Å². The molecule has 0 heterocycles. The van der Waals surface area contributed by atoms with Crippen LogP contribution in [-0.4, -0.2) is 23.3 Å². The van der Waals surface area contributed by atoms with Gasteiger partial charge in [0.25, 0.3) is 0 Å². The molecule has 1 saturated carbocycles. The molecule has 2 rings (SSSR count). The van der Waals surface area contributed by atoms with Crippen LogP contribution in [0.2, 0.25) is 0 Å². The third-order valence-corrected chi connectivity index (χ3v) is 4.03. The molecule has 0 saturated heterocycles. The molecular weight excluding hydrogens is 270 g/mol. The van der Waals surface area contributed by atoms with Crippen molar-refractivity contribution in [1.82, 2.24) is 0 Å². The zero-order chi connectivity index (χ0) is 15.3. The lowest BCUT2D eigenvalue weighted by Gasteiger charge is -2.26. The van der Waals surface area contributed by atoms with E-state index >= 15 is 0 Å². The molecule has 2 N–H and O–H groups in total. The molecule has 0 unspecified atom stereocenters. The molecule has 0 aromatic heterocycles. The van der Waals surface area contributed by atoms with Crippen molar-refractivity contribution in [2.24, 2.45) is 5.41 Å². The van der Waals surface area contributed by atoms with E-state index in [1.807, 2.05) is 0 Å². The number of aldehydes is 1. The van der Waals surface area contributed by atoms with Crippen molar-refractivity contribution < 1.29 is 19.5 Å². The summed E-state index contributed by atoms with van der Waals surface area (Å²) in [5, 5.41) is 11.8. The predicted octanol–water partition coefficient (Wildman–Crippen LogP) is 2.86. The lowest BCUT2D eigenvalue weighted by Crippen LogP contribution is -2.27. The first-order valence-electron chi connectivity index (χ1n) is 7.10. The normalized spacial score (nSPS) is 16.4. The van der Waals surface area contributed by atoms with Gasteiger partial charge < -0.3 is 10.4 Å². The summed E-state index contributed by atoms with van der Waals surface area (Å²) in [6.07, 6.45) is 4.47. The van der Waals surface area contributed by atoms with Crippen molar-refractivity contribution in [3.8, 4) is 0 Å². The third kappa shape index (κ3) is 4.15. The Morgan fingerprint density at radius 2 is 1.95 bits per heavy atom. The second-order valence-electron chi connectivity index (χ2n) is 5.75. The largest absolute Gasteiger partial charge is 0.481 e. The van der Waals surface area contributed by atoms with Crippen LogP contribution < -0.4 is 5.32 Å². The minimum atomic E-state index is -0.854. The maximum absolute atomic E-state index is 12.2. The number of hydrogen-bond donors (Lipinski definition) is 2. The Hall–Kier alpha value is -2.17. The fourth-order valence-corrected chi connectivity index (χ4v) is 3.10. The lowest BCUT2D eigenvalue weighted by atomic mass is 9.79. The van der Waals surface area contributed by atoms with Crippen molar-refractivity contribution in [3.05, 3.63) is 29.8 Å². The van der Waals surface area contributed by atoms with E-state index < -0.39 is 11.4 Å². The number of hydrogen-bond acceptors (Lipinski definition) is 3. The highest BCUT2D eigenvalue weighted by atomic mass is 16.4. The monoisotopic (exact) mass is 289 g/mol. The molecule has 112 valence electrons.